The van der Waals surface area contributed by atoms with E-state index in [-0.39, 0.29) is 17.4 Å². The van der Waals surface area contributed by atoms with Crippen molar-refractivity contribution < 1.29 is 22.8 Å². The Balaban J connectivity index is 1.74. The smallest absolute Gasteiger partial charge is 0.371 e. The summed E-state index contributed by atoms with van der Waals surface area (Å²) in [6.07, 6.45) is -1.91. The molecule has 3 rings (SSSR count). The minimum absolute atomic E-state index is 0.120. The Morgan fingerprint density at radius 2 is 1.91 bits per heavy atom. The van der Waals surface area contributed by atoms with E-state index >= 15 is 0 Å². The summed E-state index contributed by atoms with van der Waals surface area (Å²) in [6, 6.07) is 4.62. The molecule has 1 spiro atoms. The maximum Gasteiger partial charge on any atom is 0.417 e. The molecule has 1 unspecified atom stereocenters. The number of nitriles is 1. The first-order valence-electron chi connectivity index (χ1n) is 12.0. The summed E-state index contributed by atoms with van der Waals surface area (Å²) in [4.78, 5) is 30.9. The Bertz CT molecular complexity index is 978. The zero-order chi connectivity index (χ0) is 26.0. The number of carbonyl (C=O) groups excluding carboxylic acids is 2. The summed E-state index contributed by atoms with van der Waals surface area (Å²) in [6.45, 7) is 6.16. The minimum atomic E-state index is -4.60. The number of likely N-dealkylation sites (N-methyl/N-ethyl adjacent to an activating group) is 1. The fraction of sp³-hybridized carbons (Fsp3) is 0.640. The predicted octanol–water partition coefficient (Wildman–Crippen LogP) is 4.08. The lowest BCUT2D eigenvalue weighted by atomic mass is 9.76. The number of hydrogen-bond acceptors (Lipinski definition) is 4. The second-order valence-electron chi connectivity index (χ2n) is 10.3. The molecule has 2 fully saturated rings. The fourth-order valence-electron chi connectivity index (χ4n) is 5.02. The van der Waals surface area contributed by atoms with Crippen LogP contribution in [0.5, 0.6) is 0 Å². The van der Waals surface area contributed by atoms with Crippen LogP contribution in [0.1, 0.15) is 50.7 Å². The summed E-state index contributed by atoms with van der Waals surface area (Å²) < 4.78 is 40.2. The number of benzene rings is 1. The van der Waals surface area contributed by atoms with Gasteiger partial charge in [-0.15, -0.1) is 0 Å². The largest absolute Gasteiger partial charge is 0.417 e. The standard InChI is InChI=1S/C25H34F3N5O2/c1-17(2)7-10-30-23(35)33-16-24(14-21(33)22(34)31(3)4)8-11-32(12-9-24)19-6-5-18(15-29)20(13-19)25(26,27)28/h5-6,13,17,21H,7-12,14,16H2,1-4H3,(H,30,35). The molecule has 10 heteroatoms. The van der Waals surface area contributed by atoms with Gasteiger partial charge in [0.1, 0.15) is 6.04 Å². The third-order valence-corrected chi connectivity index (χ3v) is 7.11. The van der Waals surface area contributed by atoms with Crippen molar-refractivity contribution in [1.29, 1.82) is 5.26 Å². The predicted molar refractivity (Wildman–Crippen MR) is 127 cm³/mol. The third kappa shape index (κ3) is 6.00. The number of rotatable bonds is 5. The SMILES string of the molecule is CC(C)CCNC(=O)N1CC2(CCN(c3ccc(C#N)c(C(F)(F)F)c3)CC2)CC1C(=O)N(C)C. The second-order valence-corrected chi connectivity index (χ2v) is 10.3. The summed E-state index contributed by atoms with van der Waals surface area (Å²) in [5.41, 5.74) is -1.16. The van der Waals surface area contributed by atoms with Crippen molar-refractivity contribution in [1.82, 2.24) is 15.1 Å². The van der Waals surface area contributed by atoms with E-state index in [1.54, 1.807) is 31.1 Å². The van der Waals surface area contributed by atoms with E-state index in [9.17, 15) is 22.8 Å². The van der Waals surface area contributed by atoms with Crippen molar-refractivity contribution in [3.63, 3.8) is 0 Å². The third-order valence-electron chi connectivity index (χ3n) is 7.11. The lowest BCUT2D eigenvalue weighted by molar-refractivity contribution is -0.137. The molecule has 0 aliphatic carbocycles. The average Bonchev–Trinajstić information content (AvgIpc) is 3.16. The van der Waals surface area contributed by atoms with Gasteiger partial charge in [0.25, 0.3) is 0 Å². The van der Waals surface area contributed by atoms with Crippen LogP contribution >= 0.6 is 0 Å². The van der Waals surface area contributed by atoms with Crippen LogP contribution in [0.2, 0.25) is 0 Å². The molecule has 2 aliphatic heterocycles. The molecule has 0 radical (unpaired) electrons. The highest BCUT2D eigenvalue weighted by Crippen LogP contribution is 2.45. The van der Waals surface area contributed by atoms with Gasteiger partial charge < -0.3 is 20.0 Å². The van der Waals surface area contributed by atoms with Gasteiger partial charge in [0.05, 0.1) is 17.2 Å². The van der Waals surface area contributed by atoms with Crippen molar-refractivity contribution in [2.24, 2.45) is 11.3 Å². The summed E-state index contributed by atoms with van der Waals surface area (Å²) in [7, 11) is 3.35. The van der Waals surface area contributed by atoms with Crippen LogP contribution in [0.25, 0.3) is 0 Å². The van der Waals surface area contributed by atoms with E-state index in [1.165, 1.54) is 11.0 Å². The number of nitrogens with one attached hydrogen (secondary N) is 1. The van der Waals surface area contributed by atoms with Crippen molar-refractivity contribution in [2.75, 3.05) is 45.2 Å². The Hall–Kier alpha value is -2.96. The molecule has 2 aliphatic rings. The van der Waals surface area contributed by atoms with Crippen LogP contribution in [-0.4, -0.2) is 68.1 Å². The maximum absolute atomic E-state index is 13.4. The Morgan fingerprint density at radius 1 is 1.26 bits per heavy atom. The highest BCUT2D eigenvalue weighted by atomic mass is 19.4. The Morgan fingerprint density at radius 3 is 2.46 bits per heavy atom. The van der Waals surface area contributed by atoms with Gasteiger partial charge >= 0.3 is 12.2 Å². The van der Waals surface area contributed by atoms with E-state index in [1.807, 2.05) is 4.90 Å². The average molecular weight is 494 g/mol. The van der Waals surface area contributed by atoms with Gasteiger partial charge in [-0.25, -0.2) is 4.79 Å². The molecular formula is C25H34F3N5O2. The van der Waals surface area contributed by atoms with Crippen LogP contribution in [0.15, 0.2) is 18.2 Å². The van der Waals surface area contributed by atoms with E-state index in [2.05, 4.69) is 19.2 Å². The lowest BCUT2D eigenvalue weighted by Gasteiger charge is -2.40. The zero-order valence-corrected chi connectivity index (χ0v) is 20.8. The number of urea groups is 1. The monoisotopic (exact) mass is 493 g/mol. The molecule has 1 N–H and O–H groups in total. The van der Waals surface area contributed by atoms with Gasteiger partial charge in [-0.2, -0.15) is 18.4 Å². The number of hydrogen-bond donors (Lipinski definition) is 1. The molecule has 1 aromatic rings. The molecule has 0 aromatic heterocycles. The second kappa shape index (κ2) is 10.3. The van der Waals surface area contributed by atoms with E-state index in [4.69, 9.17) is 5.26 Å². The normalized spacial score (nSPS) is 19.7. The number of piperidine rings is 1. The first-order chi connectivity index (χ1) is 16.4. The molecule has 1 aromatic carbocycles. The Kier molecular flexibility index (Phi) is 7.87. The Labute approximate surface area is 204 Å². The van der Waals surface area contributed by atoms with Crippen molar-refractivity contribution in [2.45, 2.75) is 51.7 Å². The van der Waals surface area contributed by atoms with Crippen LogP contribution in [0.3, 0.4) is 0 Å². The maximum atomic E-state index is 13.4. The van der Waals surface area contributed by atoms with Gasteiger partial charge in [-0.3, -0.25) is 4.79 Å². The van der Waals surface area contributed by atoms with Gasteiger partial charge in [-0.05, 0) is 55.2 Å². The molecule has 1 atom stereocenters. The van der Waals surface area contributed by atoms with Crippen LogP contribution in [0.4, 0.5) is 23.7 Å². The topological polar surface area (TPSA) is 79.7 Å². The van der Waals surface area contributed by atoms with Gasteiger partial charge in [-0.1, -0.05) is 13.8 Å². The molecule has 3 amide bonds. The number of amides is 3. The molecule has 35 heavy (non-hydrogen) atoms. The highest BCUT2D eigenvalue weighted by molar-refractivity contribution is 5.87. The van der Waals surface area contributed by atoms with Crippen LogP contribution in [0, 0.1) is 22.7 Å². The number of nitrogens with zero attached hydrogens (tertiary/aromatic N) is 4. The molecule has 192 valence electrons. The van der Waals surface area contributed by atoms with E-state index in [0.29, 0.717) is 57.0 Å². The number of alkyl halides is 3. The van der Waals surface area contributed by atoms with Crippen LogP contribution in [-0.2, 0) is 11.0 Å². The van der Waals surface area contributed by atoms with Crippen molar-refractivity contribution in [3.8, 4) is 6.07 Å². The van der Waals surface area contributed by atoms with Crippen LogP contribution < -0.4 is 10.2 Å². The van der Waals surface area contributed by atoms with Gasteiger partial charge in [0.15, 0.2) is 0 Å². The first-order valence-corrected chi connectivity index (χ1v) is 12.0. The van der Waals surface area contributed by atoms with Gasteiger partial charge in [0.2, 0.25) is 5.91 Å². The summed E-state index contributed by atoms with van der Waals surface area (Å²) in [5, 5.41) is 12.0. The molecule has 2 heterocycles. The fourth-order valence-corrected chi connectivity index (χ4v) is 5.02. The van der Waals surface area contributed by atoms with E-state index < -0.39 is 23.3 Å². The quantitative estimate of drug-likeness (QED) is 0.670. The zero-order valence-electron chi connectivity index (χ0n) is 20.8. The van der Waals surface area contributed by atoms with Crippen molar-refractivity contribution >= 4 is 17.6 Å². The highest BCUT2D eigenvalue weighted by Gasteiger charge is 2.50. The van der Waals surface area contributed by atoms with Gasteiger partial charge in [0, 0.05) is 46.0 Å². The van der Waals surface area contributed by atoms with E-state index in [0.717, 1.165) is 12.5 Å². The first kappa shape index (κ1) is 26.6. The summed E-state index contributed by atoms with van der Waals surface area (Å²) >= 11 is 0. The molecular weight excluding hydrogens is 459 g/mol. The lowest BCUT2D eigenvalue weighted by Crippen LogP contribution is -2.49. The molecule has 0 saturated carbocycles. The number of carbonyl (C=O) groups is 2. The van der Waals surface area contributed by atoms with Crippen molar-refractivity contribution in [3.05, 3.63) is 29.3 Å². The number of halogens is 3. The molecule has 0 bridgehead atoms. The number of likely N-dealkylation sites (tertiary alicyclic amines) is 1. The minimum Gasteiger partial charge on any atom is -0.371 e. The summed E-state index contributed by atoms with van der Waals surface area (Å²) in [5.74, 6) is 0.328. The number of anilines is 1. The molecule has 2 saturated heterocycles. The molecule has 7 nitrogen and oxygen atoms in total.